The number of rotatable bonds is 5. The van der Waals surface area contributed by atoms with Crippen LogP contribution in [0.3, 0.4) is 0 Å². The number of para-hydroxylation sites is 1. The van der Waals surface area contributed by atoms with Gasteiger partial charge in [-0.2, -0.15) is 0 Å². The van der Waals surface area contributed by atoms with E-state index in [0.29, 0.717) is 0 Å². The molecule has 49 heavy (non-hydrogen) atoms. The first-order valence-corrected chi connectivity index (χ1v) is 17.4. The van der Waals surface area contributed by atoms with Gasteiger partial charge in [-0.05, 0) is 91.5 Å². The topological polar surface area (TPSA) is 3.24 Å². The molecule has 0 amide bonds. The smallest absolute Gasteiger partial charge is 0.0540 e. The molecule has 0 aromatic heterocycles. The minimum absolute atomic E-state index is 0.0953. The maximum atomic E-state index is 2.49. The standard InChI is InChI=1S/C48H39N/c1-47(2)41-23-13-11-21-38(41)39-28-26-34(30-43(39)47)49(45-25-14-12-20-36(45)32-16-7-5-8-17-32)35-27-29-40-44(31-35)48(3,4)42-24-15-22-37(46(40)42)33-18-9-6-10-19-33/h5-31H,1-4H3. The quantitative estimate of drug-likeness (QED) is 0.183. The van der Waals surface area contributed by atoms with Crippen molar-refractivity contribution < 1.29 is 0 Å². The summed E-state index contributed by atoms with van der Waals surface area (Å²) < 4.78 is 0. The van der Waals surface area contributed by atoms with Crippen molar-refractivity contribution in [3.8, 4) is 44.5 Å². The summed E-state index contributed by atoms with van der Waals surface area (Å²) in [6, 6.07) is 60.4. The molecule has 236 valence electrons. The Morgan fingerprint density at radius 3 is 1.51 bits per heavy atom. The minimum atomic E-state index is -0.155. The van der Waals surface area contributed by atoms with E-state index < -0.39 is 0 Å². The third-order valence-electron chi connectivity index (χ3n) is 11.1. The van der Waals surface area contributed by atoms with Gasteiger partial charge in [-0.1, -0.05) is 161 Å². The van der Waals surface area contributed by atoms with Gasteiger partial charge >= 0.3 is 0 Å². The van der Waals surface area contributed by atoms with Crippen molar-refractivity contribution in [2.75, 3.05) is 4.90 Å². The van der Waals surface area contributed by atoms with E-state index >= 15 is 0 Å². The Balaban J connectivity index is 1.27. The van der Waals surface area contributed by atoms with E-state index in [-0.39, 0.29) is 10.8 Å². The highest BCUT2D eigenvalue weighted by molar-refractivity contribution is 5.95. The van der Waals surface area contributed by atoms with Crippen molar-refractivity contribution in [2.24, 2.45) is 0 Å². The lowest BCUT2D eigenvalue weighted by molar-refractivity contribution is 0.660. The molecule has 0 fully saturated rings. The van der Waals surface area contributed by atoms with Gasteiger partial charge in [0.1, 0.15) is 0 Å². The Hall–Kier alpha value is -5.66. The van der Waals surface area contributed by atoms with Gasteiger partial charge in [0, 0.05) is 27.8 Å². The first kappa shape index (κ1) is 29.5. The number of anilines is 3. The highest BCUT2D eigenvalue weighted by Crippen LogP contribution is 2.55. The summed E-state index contributed by atoms with van der Waals surface area (Å²) in [4.78, 5) is 2.49. The van der Waals surface area contributed by atoms with Gasteiger partial charge in [0.25, 0.3) is 0 Å². The molecule has 9 rings (SSSR count). The van der Waals surface area contributed by atoms with E-state index in [9.17, 15) is 0 Å². The summed E-state index contributed by atoms with van der Waals surface area (Å²) in [7, 11) is 0. The summed E-state index contributed by atoms with van der Waals surface area (Å²) in [6.07, 6.45) is 0. The highest BCUT2D eigenvalue weighted by atomic mass is 15.1. The number of benzene rings is 7. The SMILES string of the molecule is CC1(C)c2ccccc2-c2ccc(N(c3ccc4c(c3)C(C)(C)c3cccc(-c5ccccc5)c3-4)c3ccccc3-c3ccccc3)cc21. The van der Waals surface area contributed by atoms with Crippen LogP contribution in [0.25, 0.3) is 44.5 Å². The van der Waals surface area contributed by atoms with Crippen LogP contribution >= 0.6 is 0 Å². The molecule has 0 aliphatic heterocycles. The maximum Gasteiger partial charge on any atom is 0.0540 e. The van der Waals surface area contributed by atoms with Crippen LogP contribution in [0.15, 0.2) is 164 Å². The molecule has 0 saturated heterocycles. The van der Waals surface area contributed by atoms with Crippen LogP contribution < -0.4 is 4.90 Å². The van der Waals surface area contributed by atoms with Crippen LogP contribution in [0.2, 0.25) is 0 Å². The second-order valence-corrected chi connectivity index (χ2v) is 14.6. The molecule has 0 saturated carbocycles. The van der Waals surface area contributed by atoms with E-state index in [2.05, 4.69) is 196 Å². The third-order valence-corrected chi connectivity index (χ3v) is 11.1. The zero-order chi connectivity index (χ0) is 33.3. The van der Waals surface area contributed by atoms with Crippen molar-refractivity contribution >= 4 is 17.1 Å². The monoisotopic (exact) mass is 629 g/mol. The predicted octanol–water partition coefficient (Wildman–Crippen LogP) is 13.1. The molecule has 0 radical (unpaired) electrons. The zero-order valence-electron chi connectivity index (χ0n) is 28.5. The highest BCUT2D eigenvalue weighted by Gasteiger charge is 2.39. The molecule has 0 bridgehead atoms. The average molecular weight is 630 g/mol. The summed E-state index contributed by atoms with van der Waals surface area (Å²) >= 11 is 0. The van der Waals surface area contributed by atoms with E-state index in [4.69, 9.17) is 0 Å². The van der Waals surface area contributed by atoms with Crippen LogP contribution in [-0.2, 0) is 10.8 Å². The minimum Gasteiger partial charge on any atom is -0.310 e. The molecule has 0 spiro atoms. The van der Waals surface area contributed by atoms with Gasteiger partial charge in [-0.25, -0.2) is 0 Å². The van der Waals surface area contributed by atoms with Crippen LogP contribution in [-0.4, -0.2) is 0 Å². The molecule has 7 aromatic carbocycles. The number of fused-ring (bicyclic) bond motifs is 6. The van der Waals surface area contributed by atoms with Gasteiger partial charge in [-0.3, -0.25) is 0 Å². The molecule has 0 N–H and O–H groups in total. The van der Waals surface area contributed by atoms with E-state index in [1.54, 1.807) is 0 Å². The van der Waals surface area contributed by atoms with Crippen molar-refractivity contribution in [3.63, 3.8) is 0 Å². The van der Waals surface area contributed by atoms with Gasteiger partial charge in [0.2, 0.25) is 0 Å². The van der Waals surface area contributed by atoms with E-state index in [1.807, 2.05) is 0 Å². The van der Waals surface area contributed by atoms with Gasteiger partial charge in [0.15, 0.2) is 0 Å². The van der Waals surface area contributed by atoms with E-state index in [0.717, 1.165) is 5.69 Å². The molecule has 2 aliphatic carbocycles. The summed E-state index contributed by atoms with van der Waals surface area (Å²) in [5.41, 5.74) is 19.1. The molecule has 1 heteroatoms. The van der Waals surface area contributed by atoms with Crippen LogP contribution in [0.1, 0.15) is 49.9 Å². The number of hydrogen-bond acceptors (Lipinski definition) is 1. The lowest BCUT2D eigenvalue weighted by Crippen LogP contribution is -2.18. The largest absolute Gasteiger partial charge is 0.310 e. The maximum absolute atomic E-state index is 2.49. The fourth-order valence-corrected chi connectivity index (χ4v) is 8.56. The fourth-order valence-electron chi connectivity index (χ4n) is 8.56. The molecular weight excluding hydrogens is 591 g/mol. The number of hydrogen-bond donors (Lipinski definition) is 0. The molecule has 2 aliphatic rings. The van der Waals surface area contributed by atoms with Crippen molar-refractivity contribution in [3.05, 3.63) is 186 Å². The van der Waals surface area contributed by atoms with Gasteiger partial charge in [0.05, 0.1) is 5.69 Å². The van der Waals surface area contributed by atoms with Crippen molar-refractivity contribution in [2.45, 2.75) is 38.5 Å². The Labute approximate surface area is 290 Å². The Morgan fingerprint density at radius 2 is 0.816 bits per heavy atom. The molecule has 7 aromatic rings. The second kappa shape index (κ2) is 10.9. The average Bonchev–Trinajstić information content (AvgIpc) is 3.52. The molecule has 0 atom stereocenters. The first-order chi connectivity index (χ1) is 23.8. The van der Waals surface area contributed by atoms with Crippen LogP contribution in [0.5, 0.6) is 0 Å². The summed E-state index contributed by atoms with van der Waals surface area (Å²) in [5.74, 6) is 0. The first-order valence-electron chi connectivity index (χ1n) is 17.4. The van der Waals surface area contributed by atoms with E-state index in [1.165, 1.54) is 78.1 Å². The Bertz CT molecular complexity index is 2380. The third kappa shape index (κ3) is 4.46. The second-order valence-electron chi connectivity index (χ2n) is 14.6. The van der Waals surface area contributed by atoms with Crippen LogP contribution in [0, 0.1) is 0 Å². The summed E-state index contributed by atoms with van der Waals surface area (Å²) in [6.45, 7) is 9.49. The zero-order valence-corrected chi connectivity index (χ0v) is 28.5. The normalized spacial score (nSPS) is 14.4. The number of nitrogens with zero attached hydrogens (tertiary/aromatic N) is 1. The van der Waals surface area contributed by atoms with Crippen molar-refractivity contribution in [1.82, 2.24) is 0 Å². The Morgan fingerprint density at radius 1 is 0.347 bits per heavy atom. The lowest BCUT2D eigenvalue weighted by atomic mass is 9.81. The fraction of sp³-hybridized carbons (Fsp3) is 0.125. The van der Waals surface area contributed by atoms with Crippen LogP contribution in [0.4, 0.5) is 17.1 Å². The molecular formula is C48H39N. The lowest BCUT2D eigenvalue weighted by Gasteiger charge is -2.31. The predicted molar refractivity (Wildman–Crippen MR) is 207 cm³/mol. The molecule has 1 nitrogen and oxygen atoms in total. The van der Waals surface area contributed by atoms with Gasteiger partial charge in [-0.15, -0.1) is 0 Å². The van der Waals surface area contributed by atoms with Gasteiger partial charge < -0.3 is 4.90 Å². The summed E-state index contributed by atoms with van der Waals surface area (Å²) in [5, 5.41) is 0. The van der Waals surface area contributed by atoms with Crippen molar-refractivity contribution in [1.29, 1.82) is 0 Å². The molecule has 0 heterocycles. The Kier molecular flexibility index (Phi) is 6.58. The molecule has 0 unspecified atom stereocenters.